The summed E-state index contributed by atoms with van der Waals surface area (Å²) in [5.41, 5.74) is -0.0641. The number of nitro benzene ring substituents is 1. The minimum absolute atomic E-state index is 0.0641. The minimum Gasteiger partial charge on any atom is -0.479 e. The van der Waals surface area contributed by atoms with Gasteiger partial charge in [0, 0.05) is 19.2 Å². The fraction of sp³-hybridized carbons (Fsp3) is 0.500. The van der Waals surface area contributed by atoms with Crippen molar-refractivity contribution in [3.05, 3.63) is 32.8 Å². The molecule has 1 heterocycles. The van der Waals surface area contributed by atoms with Crippen molar-refractivity contribution in [2.45, 2.75) is 32.3 Å². The molecule has 1 amide bonds. The Morgan fingerprint density at radius 3 is 2.67 bits per heavy atom. The first-order chi connectivity index (χ1) is 9.99. The Balaban J connectivity index is 2.07. The predicted octanol–water partition coefficient (Wildman–Crippen LogP) is 3.14. The molecule has 21 heavy (non-hydrogen) atoms. The van der Waals surface area contributed by atoms with E-state index in [1.54, 1.807) is 17.9 Å². The predicted molar refractivity (Wildman–Crippen MR) is 81.3 cm³/mol. The average Bonchev–Trinajstić information content (AvgIpc) is 2.49. The van der Waals surface area contributed by atoms with Crippen LogP contribution >= 0.6 is 15.9 Å². The summed E-state index contributed by atoms with van der Waals surface area (Å²) in [6.45, 7) is 3.17. The number of benzene rings is 1. The van der Waals surface area contributed by atoms with Gasteiger partial charge >= 0.3 is 0 Å². The summed E-state index contributed by atoms with van der Waals surface area (Å²) in [6, 6.07) is 4.25. The van der Waals surface area contributed by atoms with Gasteiger partial charge in [0.25, 0.3) is 11.6 Å². The van der Waals surface area contributed by atoms with Crippen molar-refractivity contribution in [2.24, 2.45) is 0 Å². The minimum atomic E-state index is -0.665. The number of non-ortho nitro benzene ring substituents is 1. The zero-order valence-electron chi connectivity index (χ0n) is 11.8. The monoisotopic (exact) mass is 356 g/mol. The highest BCUT2D eigenvalue weighted by Crippen LogP contribution is 2.30. The number of carbonyl (C=O) groups is 1. The zero-order valence-corrected chi connectivity index (χ0v) is 13.3. The molecule has 1 saturated heterocycles. The van der Waals surface area contributed by atoms with E-state index in [0.717, 1.165) is 32.4 Å². The zero-order chi connectivity index (χ0) is 15.4. The van der Waals surface area contributed by atoms with Crippen molar-refractivity contribution < 1.29 is 14.5 Å². The molecule has 0 N–H and O–H groups in total. The van der Waals surface area contributed by atoms with Crippen LogP contribution in [0.15, 0.2) is 22.7 Å². The van der Waals surface area contributed by atoms with E-state index in [1.807, 2.05) is 0 Å². The second-order valence-corrected chi connectivity index (χ2v) is 5.87. The lowest BCUT2D eigenvalue weighted by Gasteiger charge is -2.29. The quantitative estimate of drug-likeness (QED) is 0.613. The maximum atomic E-state index is 12.3. The first-order valence-electron chi connectivity index (χ1n) is 6.88. The van der Waals surface area contributed by atoms with Crippen LogP contribution in [0, 0.1) is 10.1 Å². The lowest BCUT2D eigenvalue weighted by atomic mass is 10.1. The summed E-state index contributed by atoms with van der Waals surface area (Å²) >= 11 is 3.28. The number of rotatable bonds is 4. The smallest absolute Gasteiger partial charge is 0.273 e. The molecular weight excluding hydrogens is 340 g/mol. The number of nitrogens with zero attached hydrogens (tertiary/aromatic N) is 2. The Kier molecular flexibility index (Phi) is 5.17. The van der Waals surface area contributed by atoms with Gasteiger partial charge in [-0.05, 0) is 48.2 Å². The number of likely N-dealkylation sites (tertiary alicyclic amines) is 1. The van der Waals surface area contributed by atoms with E-state index in [2.05, 4.69) is 15.9 Å². The van der Waals surface area contributed by atoms with Crippen molar-refractivity contribution in [3.8, 4) is 5.75 Å². The van der Waals surface area contributed by atoms with E-state index in [4.69, 9.17) is 4.74 Å². The molecule has 0 aliphatic carbocycles. The van der Waals surface area contributed by atoms with Gasteiger partial charge in [-0.15, -0.1) is 0 Å². The van der Waals surface area contributed by atoms with Crippen LogP contribution in [0.1, 0.15) is 26.2 Å². The van der Waals surface area contributed by atoms with E-state index in [0.29, 0.717) is 10.2 Å². The molecule has 1 aliphatic rings. The molecule has 1 aromatic rings. The van der Waals surface area contributed by atoms with Crippen molar-refractivity contribution in [1.29, 1.82) is 0 Å². The fourth-order valence-electron chi connectivity index (χ4n) is 2.31. The fourth-order valence-corrected chi connectivity index (χ4v) is 2.65. The van der Waals surface area contributed by atoms with Crippen LogP contribution in [0.3, 0.4) is 0 Å². The van der Waals surface area contributed by atoms with Crippen LogP contribution in [0.25, 0.3) is 0 Å². The van der Waals surface area contributed by atoms with Crippen molar-refractivity contribution in [1.82, 2.24) is 4.90 Å². The number of carbonyl (C=O) groups excluding carboxylic acids is 1. The number of hydrogen-bond donors (Lipinski definition) is 0. The summed E-state index contributed by atoms with van der Waals surface area (Å²) in [7, 11) is 0. The Bertz CT molecular complexity index is 544. The SMILES string of the molecule is CC(Oc1cc([N+](=O)[O-])ccc1Br)C(=O)N1CCCCC1. The molecule has 0 saturated carbocycles. The summed E-state index contributed by atoms with van der Waals surface area (Å²) in [4.78, 5) is 24.4. The Morgan fingerprint density at radius 1 is 1.38 bits per heavy atom. The van der Waals surface area contributed by atoms with Crippen LogP contribution in [-0.2, 0) is 4.79 Å². The third kappa shape index (κ3) is 3.93. The van der Waals surface area contributed by atoms with Crippen molar-refractivity contribution in [2.75, 3.05) is 13.1 Å². The van der Waals surface area contributed by atoms with Gasteiger partial charge in [0.1, 0.15) is 5.75 Å². The highest BCUT2D eigenvalue weighted by atomic mass is 79.9. The highest BCUT2D eigenvalue weighted by molar-refractivity contribution is 9.10. The number of nitro groups is 1. The summed E-state index contributed by atoms with van der Waals surface area (Å²) in [5, 5.41) is 10.8. The molecule has 7 heteroatoms. The molecule has 1 unspecified atom stereocenters. The molecule has 0 radical (unpaired) electrons. The van der Waals surface area contributed by atoms with Crippen LogP contribution in [-0.4, -0.2) is 34.9 Å². The lowest BCUT2D eigenvalue weighted by molar-refractivity contribution is -0.385. The number of hydrogen-bond acceptors (Lipinski definition) is 4. The van der Waals surface area contributed by atoms with E-state index >= 15 is 0 Å². The maximum Gasteiger partial charge on any atom is 0.273 e. The number of amides is 1. The van der Waals surface area contributed by atoms with Gasteiger partial charge in [-0.2, -0.15) is 0 Å². The van der Waals surface area contributed by atoms with E-state index in [-0.39, 0.29) is 11.6 Å². The molecular formula is C14H17BrN2O4. The van der Waals surface area contributed by atoms with Gasteiger partial charge in [-0.3, -0.25) is 14.9 Å². The third-order valence-corrected chi connectivity index (χ3v) is 4.10. The number of piperidine rings is 1. The molecule has 2 rings (SSSR count). The molecule has 0 spiro atoms. The molecule has 1 aromatic carbocycles. The summed E-state index contributed by atoms with van der Waals surface area (Å²) in [5.74, 6) is 0.232. The molecule has 1 atom stereocenters. The number of ether oxygens (including phenoxy) is 1. The van der Waals surface area contributed by atoms with Gasteiger partial charge in [-0.25, -0.2) is 0 Å². The Morgan fingerprint density at radius 2 is 2.05 bits per heavy atom. The van der Waals surface area contributed by atoms with Crippen molar-refractivity contribution in [3.63, 3.8) is 0 Å². The normalized spacial score (nSPS) is 16.4. The summed E-state index contributed by atoms with van der Waals surface area (Å²) in [6.07, 6.45) is 2.51. The average molecular weight is 357 g/mol. The second-order valence-electron chi connectivity index (χ2n) is 5.02. The first kappa shape index (κ1) is 15.8. The van der Waals surface area contributed by atoms with E-state index < -0.39 is 11.0 Å². The van der Waals surface area contributed by atoms with Crippen LogP contribution in [0.2, 0.25) is 0 Å². The Hall–Kier alpha value is -1.63. The van der Waals surface area contributed by atoms with Gasteiger partial charge in [-0.1, -0.05) is 0 Å². The second kappa shape index (κ2) is 6.89. The maximum absolute atomic E-state index is 12.3. The van der Waals surface area contributed by atoms with Gasteiger partial charge in [0.2, 0.25) is 0 Å². The number of halogens is 1. The molecule has 1 aliphatic heterocycles. The lowest BCUT2D eigenvalue weighted by Crippen LogP contribution is -2.43. The highest BCUT2D eigenvalue weighted by Gasteiger charge is 2.24. The van der Waals surface area contributed by atoms with E-state index in [9.17, 15) is 14.9 Å². The molecule has 0 bridgehead atoms. The van der Waals surface area contributed by atoms with Gasteiger partial charge < -0.3 is 9.64 Å². The van der Waals surface area contributed by atoms with Crippen molar-refractivity contribution >= 4 is 27.5 Å². The van der Waals surface area contributed by atoms with Crippen LogP contribution in [0.5, 0.6) is 5.75 Å². The van der Waals surface area contributed by atoms with Crippen LogP contribution < -0.4 is 4.74 Å². The standard InChI is InChI=1S/C14H17BrN2O4/c1-10(14(18)16-7-3-2-4-8-16)21-13-9-11(17(19)20)5-6-12(13)15/h5-6,9-10H,2-4,7-8H2,1H3. The topological polar surface area (TPSA) is 72.7 Å². The molecule has 0 aromatic heterocycles. The molecule has 114 valence electrons. The summed E-state index contributed by atoms with van der Waals surface area (Å²) < 4.78 is 6.20. The van der Waals surface area contributed by atoms with Gasteiger partial charge in [0.15, 0.2) is 6.10 Å². The molecule has 1 fully saturated rings. The Labute approximate surface area is 131 Å². The first-order valence-corrected chi connectivity index (χ1v) is 7.67. The largest absolute Gasteiger partial charge is 0.479 e. The van der Waals surface area contributed by atoms with Crippen LogP contribution in [0.4, 0.5) is 5.69 Å². The van der Waals surface area contributed by atoms with E-state index in [1.165, 1.54) is 12.1 Å². The molecule has 6 nitrogen and oxygen atoms in total. The van der Waals surface area contributed by atoms with Gasteiger partial charge in [0.05, 0.1) is 15.5 Å². The third-order valence-electron chi connectivity index (χ3n) is 3.44.